The molecule has 0 saturated carbocycles. The largest absolute Gasteiger partial charge is 0.390 e. The van der Waals surface area contributed by atoms with Crippen LogP contribution in [0.1, 0.15) is 10.4 Å². The number of nitrogens with zero attached hydrogens (tertiary/aromatic N) is 3. The summed E-state index contributed by atoms with van der Waals surface area (Å²) in [7, 11) is 1.68. The molecule has 86 valence electrons. The Morgan fingerprint density at radius 2 is 2.19 bits per heavy atom. The maximum atomic E-state index is 12.0. The minimum absolute atomic E-state index is 0.173. The predicted octanol–water partition coefficient (Wildman–Crippen LogP) is -1.12. The second kappa shape index (κ2) is 4.54. The van der Waals surface area contributed by atoms with Gasteiger partial charge in [-0.05, 0) is 0 Å². The smallest absolute Gasteiger partial charge is 0.257 e. The van der Waals surface area contributed by atoms with Crippen LogP contribution in [0.25, 0.3) is 0 Å². The summed E-state index contributed by atoms with van der Waals surface area (Å²) in [5.74, 6) is -0.173. The molecule has 1 aromatic rings. The average Bonchev–Trinajstić information content (AvgIpc) is 2.75. The molecule has 6 heteroatoms. The molecular weight excluding hydrogens is 208 g/mol. The van der Waals surface area contributed by atoms with Crippen LogP contribution in [0, 0.1) is 0 Å². The molecule has 0 radical (unpaired) electrons. The van der Waals surface area contributed by atoms with Gasteiger partial charge in [0, 0.05) is 32.5 Å². The summed E-state index contributed by atoms with van der Waals surface area (Å²) in [5.41, 5.74) is 0.434. The SMILES string of the molecule is CN(C(=O)c1cncnc1)[C@H]1CNC[C@@H]1O. The molecule has 2 atom stereocenters. The van der Waals surface area contributed by atoms with Crippen LogP contribution in [0.2, 0.25) is 0 Å². The van der Waals surface area contributed by atoms with Gasteiger partial charge in [0.25, 0.3) is 5.91 Å². The highest BCUT2D eigenvalue weighted by molar-refractivity contribution is 5.93. The van der Waals surface area contributed by atoms with E-state index in [1.807, 2.05) is 0 Å². The Balaban J connectivity index is 2.10. The monoisotopic (exact) mass is 222 g/mol. The normalized spacial score (nSPS) is 24.4. The summed E-state index contributed by atoms with van der Waals surface area (Å²) in [5, 5.41) is 12.7. The first-order chi connectivity index (χ1) is 7.70. The first-order valence-electron chi connectivity index (χ1n) is 5.11. The van der Waals surface area contributed by atoms with Crippen LogP contribution in [0.5, 0.6) is 0 Å². The fraction of sp³-hybridized carbons (Fsp3) is 0.500. The van der Waals surface area contributed by atoms with E-state index in [1.165, 1.54) is 23.6 Å². The van der Waals surface area contributed by atoms with Gasteiger partial charge in [-0.1, -0.05) is 0 Å². The van der Waals surface area contributed by atoms with Crippen LogP contribution < -0.4 is 5.32 Å². The van der Waals surface area contributed by atoms with Gasteiger partial charge in [0.15, 0.2) is 0 Å². The van der Waals surface area contributed by atoms with Crippen molar-refractivity contribution in [2.24, 2.45) is 0 Å². The number of nitrogens with one attached hydrogen (secondary N) is 1. The van der Waals surface area contributed by atoms with Gasteiger partial charge in [0.1, 0.15) is 6.33 Å². The van der Waals surface area contributed by atoms with Crippen LogP contribution >= 0.6 is 0 Å². The molecule has 0 aliphatic carbocycles. The van der Waals surface area contributed by atoms with Gasteiger partial charge in [0.2, 0.25) is 0 Å². The van der Waals surface area contributed by atoms with Gasteiger partial charge in [-0.2, -0.15) is 0 Å². The van der Waals surface area contributed by atoms with Crippen molar-refractivity contribution in [2.45, 2.75) is 12.1 Å². The number of carbonyl (C=O) groups is 1. The summed E-state index contributed by atoms with van der Waals surface area (Å²) in [6.07, 6.45) is 3.81. The lowest BCUT2D eigenvalue weighted by molar-refractivity contribution is 0.0580. The molecule has 1 aliphatic rings. The molecule has 0 unspecified atom stereocenters. The highest BCUT2D eigenvalue weighted by atomic mass is 16.3. The van der Waals surface area contributed by atoms with Gasteiger partial charge >= 0.3 is 0 Å². The third-order valence-corrected chi connectivity index (χ3v) is 2.78. The average molecular weight is 222 g/mol. The number of amides is 1. The van der Waals surface area contributed by atoms with Gasteiger partial charge in [-0.15, -0.1) is 0 Å². The van der Waals surface area contributed by atoms with Crippen LogP contribution in [0.3, 0.4) is 0 Å². The Hall–Kier alpha value is -1.53. The zero-order valence-electron chi connectivity index (χ0n) is 9.00. The van der Waals surface area contributed by atoms with Crippen molar-refractivity contribution in [1.82, 2.24) is 20.2 Å². The molecule has 2 rings (SSSR count). The van der Waals surface area contributed by atoms with E-state index < -0.39 is 6.10 Å². The second-order valence-corrected chi connectivity index (χ2v) is 3.84. The molecular formula is C10H14N4O2. The third kappa shape index (κ3) is 2.02. The Labute approximate surface area is 93.3 Å². The van der Waals surface area contributed by atoms with E-state index in [1.54, 1.807) is 7.05 Å². The third-order valence-electron chi connectivity index (χ3n) is 2.78. The Bertz CT molecular complexity index is 370. The first-order valence-corrected chi connectivity index (χ1v) is 5.11. The molecule has 2 N–H and O–H groups in total. The topological polar surface area (TPSA) is 78.4 Å². The maximum Gasteiger partial charge on any atom is 0.257 e. The molecule has 16 heavy (non-hydrogen) atoms. The molecule has 2 heterocycles. The quantitative estimate of drug-likeness (QED) is 0.663. The highest BCUT2D eigenvalue weighted by Gasteiger charge is 2.31. The lowest BCUT2D eigenvalue weighted by Gasteiger charge is -2.26. The number of β-amino-alcohol motifs (C(OH)–C–C–N with tert-alkyl or cyclic N) is 1. The van der Waals surface area contributed by atoms with Crippen molar-refractivity contribution in [3.05, 3.63) is 24.3 Å². The molecule has 1 fully saturated rings. The van der Waals surface area contributed by atoms with Crippen LogP contribution in [0.15, 0.2) is 18.7 Å². The van der Waals surface area contributed by atoms with Crippen LogP contribution in [-0.2, 0) is 0 Å². The molecule has 0 aromatic carbocycles. The molecule has 6 nitrogen and oxygen atoms in total. The lowest BCUT2D eigenvalue weighted by atomic mass is 10.1. The summed E-state index contributed by atoms with van der Waals surface area (Å²) in [4.78, 5) is 21.1. The zero-order valence-corrected chi connectivity index (χ0v) is 9.00. The van der Waals surface area contributed by atoms with E-state index in [2.05, 4.69) is 15.3 Å². The van der Waals surface area contributed by atoms with Crippen molar-refractivity contribution in [2.75, 3.05) is 20.1 Å². The Morgan fingerprint density at radius 3 is 2.75 bits per heavy atom. The van der Waals surface area contributed by atoms with E-state index in [4.69, 9.17) is 0 Å². The number of hydrogen-bond acceptors (Lipinski definition) is 5. The predicted molar refractivity (Wildman–Crippen MR) is 56.8 cm³/mol. The van der Waals surface area contributed by atoms with Crippen molar-refractivity contribution < 1.29 is 9.90 Å². The number of aromatic nitrogens is 2. The number of carbonyl (C=O) groups excluding carboxylic acids is 1. The zero-order chi connectivity index (χ0) is 11.5. The lowest BCUT2D eigenvalue weighted by Crippen LogP contribution is -2.44. The number of hydrogen-bond donors (Lipinski definition) is 2. The Morgan fingerprint density at radius 1 is 1.50 bits per heavy atom. The van der Waals surface area contributed by atoms with E-state index in [9.17, 15) is 9.90 Å². The summed E-state index contributed by atoms with van der Waals surface area (Å²) in [6, 6.07) is -0.187. The first kappa shape index (κ1) is 11.0. The van der Waals surface area contributed by atoms with Gasteiger partial charge < -0.3 is 15.3 Å². The number of likely N-dealkylation sites (N-methyl/N-ethyl adjacent to an activating group) is 1. The fourth-order valence-corrected chi connectivity index (χ4v) is 1.81. The van der Waals surface area contributed by atoms with Gasteiger partial charge in [-0.25, -0.2) is 9.97 Å². The second-order valence-electron chi connectivity index (χ2n) is 3.84. The van der Waals surface area contributed by atoms with Crippen molar-refractivity contribution in [3.63, 3.8) is 0 Å². The van der Waals surface area contributed by atoms with E-state index in [0.717, 1.165) is 0 Å². The van der Waals surface area contributed by atoms with Crippen LogP contribution in [0.4, 0.5) is 0 Å². The summed E-state index contributed by atoms with van der Waals surface area (Å²) >= 11 is 0. The summed E-state index contributed by atoms with van der Waals surface area (Å²) < 4.78 is 0. The molecule has 1 amide bonds. The molecule has 0 spiro atoms. The minimum Gasteiger partial charge on any atom is -0.390 e. The van der Waals surface area contributed by atoms with Crippen LogP contribution in [-0.4, -0.2) is 58.2 Å². The van der Waals surface area contributed by atoms with E-state index in [0.29, 0.717) is 18.7 Å². The molecule has 1 saturated heterocycles. The van der Waals surface area contributed by atoms with Gasteiger partial charge in [-0.3, -0.25) is 4.79 Å². The molecule has 0 bridgehead atoms. The van der Waals surface area contributed by atoms with Gasteiger partial charge in [0.05, 0.1) is 17.7 Å². The maximum absolute atomic E-state index is 12.0. The standard InChI is InChI=1S/C10H14N4O2/c1-14(8-4-11-5-9(8)15)10(16)7-2-12-6-13-3-7/h2-3,6,8-9,11,15H,4-5H2,1H3/t8-,9-/m0/s1. The molecule has 1 aromatic heterocycles. The number of aliphatic hydroxyl groups is 1. The number of aliphatic hydroxyl groups excluding tert-OH is 1. The minimum atomic E-state index is -0.515. The van der Waals surface area contributed by atoms with E-state index in [-0.39, 0.29) is 11.9 Å². The van der Waals surface area contributed by atoms with Crippen molar-refractivity contribution >= 4 is 5.91 Å². The fourth-order valence-electron chi connectivity index (χ4n) is 1.81. The Kier molecular flexibility index (Phi) is 3.12. The van der Waals surface area contributed by atoms with Crippen molar-refractivity contribution in [3.8, 4) is 0 Å². The van der Waals surface area contributed by atoms with E-state index >= 15 is 0 Å². The molecule has 1 aliphatic heterocycles. The summed E-state index contributed by atoms with van der Waals surface area (Å²) in [6.45, 7) is 1.13. The highest BCUT2D eigenvalue weighted by Crippen LogP contribution is 2.10. The number of rotatable bonds is 2. The van der Waals surface area contributed by atoms with Crippen molar-refractivity contribution in [1.29, 1.82) is 0 Å².